The molecule has 0 saturated carbocycles. The predicted octanol–water partition coefficient (Wildman–Crippen LogP) is 3.97. The van der Waals surface area contributed by atoms with Gasteiger partial charge in [-0.05, 0) is 75.5 Å². The van der Waals surface area contributed by atoms with E-state index >= 15 is 0 Å². The van der Waals surface area contributed by atoms with E-state index in [0.717, 1.165) is 29.7 Å². The first-order valence-electron chi connectivity index (χ1n) is 8.56. The molecule has 4 nitrogen and oxygen atoms in total. The van der Waals surface area contributed by atoms with E-state index in [4.69, 9.17) is 14.6 Å². The van der Waals surface area contributed by atoms with Crippen LogP contribution < -0.4 is 5.14 Å². The molecule has 1 aromatic rings. The third-order valence-corrected chi connectivity index (χ3v) is 6.49. The van der Waals surface area contributed by atoms with Crippen LogP contribution in [0.5, 0.6) is 0 Å². The molecule has 142 valence electrons. The summed E-state index contributed by atoms with van der Waals surface area (Å²) in [4.78, 5) is 0.886. The van der Waals surface area contributed by atoms with Crippen LogP contribution in [0.15, 0.2) is 23.1 Å². The van der Waals surface area contributed by atoms with Crippen molar-refractivity contribution in [2.75, 3.05) is 19.5 Å². The van der Waals surface area contributed by atoms with E-state index in [9.17, 15) is 8.60 Å². The quantitative estimate of drug-likeness (QED) is 0.684. The Morgan fingerprint density at radius 3 is 2.64 bits per heavy atom. The highest BCUT2D eigenvalue weighted by Gasteiger charge is 2.30. The highest BCUT2D eigenvalue weighted by Crippen LogP contribution is 2.35. The molecule has 2 rings (SSSR count). The van der Waals surface area contributed by atoms with Crippen molar-refractivity contribution in [3.8, 4) is 0 Å². The third-order valence-electron chi connectivity index (χ3n) is 4.53. The molecular formula is C18H28FNO3S2. The molecule has 2 atom stereocenters. The fraction of sp³-hybridized carbons (Fsp3) is 0.667. The van der Waals surface area contributed by atoms with Crippen molar-refractivity contribution in [3.63, 3.8) is 0 Å². The van der Waals surface area contributed by atoms with Gasteiger partial charge in [0.2, 0.25) is 0 Å². The van der Waals surface area contributed by atoms with Gasteiger partial charge in [-0.2, -0.15) is 0 Å². The number of rotatable bonds is 8. The van der Waals surface area contributed by atoms with Gasteiger partial charge in [-0.15, -0.1) is 11.8 Å². The Morgan fingerprint density at radius 2 is 2.04 bits per heavy atom. The van der Waals surface area contributed by atoms with Gasteiger partial charge in [0.15, 0.2) is 6.29 Å². The number of hydrogen-bond donors (Lipinski definition) is 1. The first-order chi connectivity index (χ1) is 11.8. The second kappa shape index (κ2) is 9.46. The zero-order valence-corrected chi connectivity index (χ0v) is 16.8. The number of ether oxygens (including phenoxy) is 2. The van der Waals surface area contributed by atoms with Crippen LogP contribution in [-0.2, 0) is 20.5 Å². The van der Waals surface area contributed by atoms with E-state index in [1.165, 1.54) is 17.8 Å². The highest BCUT2D eigenvalue weighted by molar-refractivity contribution is 7.98. The van der Waals surface area contributed by atoms with Crippen molar-refractivity contribution in [3.05, 3.63) is 29.6 Å². The largest absolute Gasteiger partial charge is 0.353 e. The van der Waals surface area contributed by atoms with Crippen molar-refractivity contribution in [2.45, 2.75) is 61.4 Å². The average Bonchev–Trinajstić information content (AvgIpc) is 2.58. The van der Waals surface area contributed by atoms with Crippen molar-refractivity contribution in [1.82, 2.24) is 0 Å². The van der Waals surface area contributed by atoms with Gasteiger partial charge in [-0.3, -0.25) is 5.14 Å². The Kier molecular flexibility index (Phi) is 7.89. The second-order valence-electron chi connectivity index (χ2n) is 6.98. The molecule has 1 heterocycles. The van der Waals surface area contributed by atoms with Gasteiger partial charge in [0.1, 0.15) is 5.82 Å². The lowest BCUT2D eigenvalue weighted by Gasteiger charge is -2.30. The maximum absolute atomic E-state index is 14.0. The summed E-state index contributed by atoms with van der Waals surface area (Å²) in [7, 11) is -1.45. The molecular weight excluding hydrogens is 361 g/mol. The molecule has 0 aromatic heterocycles. The molecule has 2 N–H and O–H groups in total. The van der Waals surface area contributed by atoms with Crippen LogP contribution in [0.25, 0.3) is 0 Å². The van der Waals surface area contributed by atoms with Gasteiger partial charge in [-0.1, -0.05) is 0 Å². The molecule has 1 unspecified atom stereocenters. The van der Waals surface area contributed by atoms with Crippen LogP contribution in [0.2, 0.25) is 0 Å². The van der Waals surface area contributed by atoms with Crippen LogP contribution in [0.3, 0.4) is 0 Å². The number of hydrogen-bond acceptors (Lipinski definition) is 4. The Hall–Kier alpha value is -0.470. The number of benzene rings is 1. The van der Waals surface area contributed by atoms with Crippen molar-refractivity contribution < 1.29 is 18.1 Å². The van der Waals surface area contributed by atoms with Crippen LogP contribution in [-0.4, -0.2) is 34.7 Å². The fourth-order valence-corrected chi connectivity index (χ4v) is 3.89. The highest BCUT2D eigenvalue weighted by atomic mass is 32.2. The van der Waals surface area contributed by atoms with E-state index in [-0.39, 0.29) is 18.0 Å². The van der Waals surface area contributed by atoms with E-state index in [2.05, 4.69) is 0 Å². The molecule has 0 amide bonds. The van der Waals surface area contributed by atoms with Crippen LogP contribution >= 0.6 is 11.8 Å². The molecule has 1 aromatic carbocycles. The van der Waals surface area contributed by atoms with E-state index in [0.29, 0.717) is 19.6 Å². The van der Waals surface area contributed by atoms with Crippen LogP contribution in [0.1, 0.15) is 51.0 Å². The summed E-state index contributed by atoms with van der Waals surface area (Å²) in [6, 6.07) is 5.11. The summed E-state index contributed by atoms with van der Waals surface area (Å²) >= 11 is 1.51. The van der Waals surface area contributed by atoms with Crippen LogP contribution in [0, 0.1) is 5.82 Å². The number of nitrogens with two attached hydrogens (primary N) is 1. The zero-order chi connectivity index (χ0) is 18.4. The van der Waals surface area contributed by atoms with Crippen molar-refractivity contribution in [2.24, 2.45) is 5.14 Å². The standard InChI is InChI=1S/C18H28FNO3S2/c1-18(2,25(20)21)12-13(5-6-17-22-7-4-8-23-17)14-9-15(19)11-16(10-14)24-3/h9-11,13,17H,4-8,12,20H2,1-3H3/t13-,25?/m1/s1. The Labute approximate surface area is 156 Å². The lowest BCUT2D eigenvalue weighted by molar-refractivity contribution is -0.182. The number of thioether (sulfide) groups is 1. The molecule has 0 aliphatic carbocycles. The molecule has 0 spiro atoms. The first-order valence-corrected chi connectivity index (χ1v) is 11.0. The van der Waals surface area contributed by atoms with Gasteiger partial charge in [0.25, 0.3) is 0 Å². The van der Waals surface area contributed by atoms with Crippen LogP contribution in [0.4, 0.5) is 4.39 Å². The minimum atomic E-state index is -1.45. The van der Waals surface area contributed by atoms with E-state index < -0.39 is 15.7 Å². The Bertz CT molecular complexity index is 592. The lowest BCUT2D eigenvalue weighted by atomic mass is 9.86. The molecule has 25 heavy (non-hydrogen) atoms. The van der Waals surface area contributed by atoms with Crippen molar-refractivity contribution >= 4 is 22.7 Å². The smallest absolute Gasteiger partial charge is 0.157 e. The summed E-state index contributed by atoms with van der Waals surface area (Å²) in [5.74, 6) is -0.207. The lowest BCUT2D eigenvalue weighted by Crippen LogP contribution is -2.34. The summed E-state index contributed by atoms with van der Waals surface area (Å²) < 4.78 is 36.6. The predicted molar refractivity (Wildman–Crippen MR) is 101 cm³/mol. The van der Waals surface area contributed by atoms with Gasteiger partial charge in [-0.25, -0.2) is 8.60 Å². The minimum Gasteiger partial charge on any atom is -0.353 e. The minimum absolute atomic E-state index is 0.0400. The Morgan fingerprint density at radius 1 is 1.36 bits per heavy atom. The summed E-state index contributed by atoms with van der Waals surface area (Å²) in [6.45, 7) is 5.20. The molecule has 7 heteroatoms. The summed E-state index contributed by atoms with van der Waals surface area (Å²) in [5, 5.41) is 5.67. The first kappa shape index (κ1) is 20.8. The molecule has 1 aliphatic heterocycles. The molecule has 1 saturated heterocycles. The molecule has 0 bridgehead atoms. The van der Waals surface area contributed by atoms with Gasteiger partial charge in [0, 0.05) is 4.90 Å². The molecule has 0 radical (unpaired) electrons. The third kappa shape index (κ3) is 6.32. The van der Waals surface area contributed by atoms with Gasteiger partial charge >= 0.3 is 0 Å². The monoisotopic (exact) mass is 389 g/mol. The topological polar surface area (TPSA) is 61.6 Å². The molecule has 1 fully saturated rings. The van der Waals surface area contributed by atoms with E-state index in [1.54, 1.807) is 6.07 Å². The summed E-state index contributed by atoms with van der Waals surface area (Å²) in [5.41, 5.74) is 0.915. The van der Waals surface area contributed by atoms with Crippen molar-refractivity contribution in [1.29, 1.82) is 0 Å². The normalized spacial score (nSPS) is 18.9. The summed E-state index contributed by atoms with van der Waals surface area (Å²) in [6.07, 6.45) is 4.73. The number of halogens is 1. The average molecular weight is 390 g/mol. The van der Waals surface area contributed by atoms with E-state index in [1.807, 2.05) is 26.2 Å². The second-order valence-corrected chi connectivity index (χ2v) is 9.56. The molecule has 1 aliphatic rings. The SMILES string of the molecule is CSc1cc(F)cc([C@H](CCC2OCCCO2)CC(C)(C)S(N)=O)c1. The zero-order valence-electron chi connectivity index (χ0n) is 15.1. The van der Waals surface area contributed by atoms with Gasteiger partial charge in [0.05, 0.1) is 28.9 Å². The fourth-order valence-electron chi connectivity index (χ4n) is 3.04. The Balaban J connectivity index is 2.18. The maximum Gasteiger partial charge on any atom is 0.157 e. The van der Waals surface area contributed by atoms with Gasteiger partial charge < -0.3 is 9.47 Å². The maximum atomic E-state index is 14.0.